The van der Waals surface area contributed by atoms with Gasteiger partial charge in [-0.1, -0.05) is 48.5 Å². The number of benzene rings is 4. The molecule has 0 aromatic heterocycles. The number of carbonyl (C=O) groups excluding carboxylic acids is 1. The third kappa shape index (κ3) is 6.59. The normalized spacial score (nSPS) is 11.6. The van der Waals surface area contributed by atoms with Gasteiger partial charge in [0.1, 0.15) is 6.61 Å². The van der Waals surface area contributed by atoms with Crippen molar-refractivity contribution in [3.8, 4) is 11.5 Å². The molecule has 0 saturated heterocycles. The fraction of sp³-hybridized carbons (Fsp3) is 0.143. The smallest absolute Gasteiger partial charge is 0.416 e. The standard InChI is InChI=1S/C28H22F3IN2O3/c1-2-36-25-14-18(16-33-34-27(35)20-9-6-11-22(15-20)28(29,30)31)13-24(32)26(25)37-17-21-10-5-8-19-7-3-4-12-23(19)21/h3-16H,2,17H2,1H3,(H,34,35)/b33-16-. The van der Waals surface area contributed by atoms with Gasteiger partial charge < -0.3 is 9.47 Å². The average molecular weight is 618 g/mol. The zero-order valence-corrected chi connectivity index (χ0v) is 21.8. The first kappa shape index (κ1) is 26.5. The van der Waals surface area contributed by atoms with Crippen LogP contribution in [0.25, 0.3) is 10.8 Å². The summed E-state index contributed by atoms with van der Waals surface area (Å²) in [5, 5.41) is 6.14. The Morgan fingerprint density at radius 1 is 1.00 bits per heavy atom. The third-order valence-electron chi connectivity index (χ3n) is 5.42. The summed E-state index contributed by atoms with van der Waals surface area (Å²) in [6.07, 6.45) is -3.14. The van der Waals surface area contributed by atoms with Gasteiger partial charge in [-0.3, -0.25) is 4.79 Å². The van der Waals surface area contributed by atoms with Crippen molar-refractivity contribution in [1.82, 2.24) is 5.43 Å². The quantitative estimate of drug-likeness (QED) is 0.129. The summed E-state index contributed by atoms with van der Waals surface area (Å²) in [4.78, 5) is 12.3. The molecule has 4 rings (SSSR count). The van der Waals surface area contributed by atoms with Crippen molar-refractivity contribution < 1.29 is 27.4 Å². The summed E-state index contributed by atoms with van der Waals surface area (Å²) in [6, 6.07) is 21.8. The Bertz CT molecular complexity index is 1450. The van der Waals surface area contributed by atoms with Crippen molar-refractivity contribution in [2.24, 2.45) is 5.10 Å². The minimum absolute atomic E-state index is 0.145. The maximum absolute atomic E-state index is 12.9. The third-order valence-corrected chi connectivity index (χ3v) is 6.22. The first-order valence-corrected chi connectivity index (χ1v) is 12.4. The van der Waals surface area contributed by atoms with Crippen LogP contribution in [-0.2, 0) is 12.8 Å². The molecule has 9 heteroatoms. The molecule has 1 amide bonds. The SMILES string of the molecule is CCOc1cc(/C=N\NC(=O)c2cccc(C(F)(F)F)c2)cc(I)c1OCc1cccc2ccccc12. The Labute approximate surface area is 225 Å². The number of nitrogens with zero attached hydrogens (tertiary/aromatic N) is 1. The van der Waals surface area contributed by atoms with Crippen LogP contribution in [0.5, 0.6) is 11.5 Å². The monoisotopic (exact) mass is 618 g/mol. The molecule has 0 fully saturated rings. The predicted octanol–water partition coefficient (Wildman–Crippen LogP) is 7.20. The van der Waals surface area contributed by atoms with Crippen LogP contribution in [0.1, 0.15) is 34.0 Å². The number of ether oxygens (including phenoxy) is 2. The van der Waals surface area contributed by atoms with Crippen molar-refractivity contribution in [1.29, 1.82) is 0 Å². The van der Waals surface area contributed by atoms with E-state index in [1.807, 2.05) is 43.3 Å². The van der Waals surface area contributed by atoms with Crippen LogP contribution in [0.3, 0.4) is 0 Å². The van der Waals surface area contributed by atoms with E-state index < -0.39 is 17.6 Å². The predicted molar refractivity (Wildman–Crippen MR) is 145 cm³/mol. The highest BCUT2D eigenvalue weighted by Gasteiger charge is 2.30. The number of amides is 1. The fourth-order valence-electron chi connectivity index (χ4n) is 3.70. The van der Waals surface area contributed by atoms with E-state index in [-0.39, 0.29) is 5.56 Å². The summed E-state index contributed by atoms with van der Waals surface area (Å²) in [5.74, 6) is 0.345. The van der Waals surface area contributed by atoms with Crippen molar-refractivity contribution in [3.05, 3.63) is 105 Å². The lowest BCUT2D eigenvalue weighted by Gasteiger charge is -2.15. The molecule has 5 nitrogen and oxygen atoms in total. The summed E-state index contributed by atoms with van der Waals surface area (Å²) >= 11 is 2.14. The number of hydrazone groups is 1. The summed E-state index contributed by atoms with van der Waals surface area (Å²) in [5.41, 5.74) is 2.88. The number of fused-ring (bicyclic) bond motifs is 1. The molecule has 4 aromatic rings. The number of alkyl halides is 3. The number of hydrogen-bond donors (Lipinski definition) is 1. The Balaban J connectivity index is 1.49. The molecule has 0 unspecified atom stereocenters. The number of halogens is 4. The molecule has 4 aromatic carbocycles. The van der Waals surface area contributed by atoms with Crippen LogP contribution in [-0.4, -0.2) is 18.7 Å². The molecular formula is C28H22F3IN2O3. The Kier molecular flexibility index (Phi) is 8.32. The van der Waals surface area contributed by atoms with E-state index in [9.17, 15) is 18.0 Å². The van der Waals surface area contributed by atoms with Crippen LogP contribution in [0.4, 0.5) is 13.2 Å². The Hall–Kier alpha value is -3.60. The molecule has 0 bridgehead atoms. The average Bonchev–Trinajstić information content (AvgIpc) is 2.88. The molecule has 0 aliphatic carbocycles. The summed E-state index contributed by atoms with van der Waals surface area (Å²) in [7, 11) is 0. The van der Waals surface area contributed by atoms with E-state index in [1.54, 1.807) is 12.1 Å². The summed E-state index contributed by atoms with van der Waals surface area (Å²) in [6.45, 7) is 2.61. The van der Waals surface area contributed by atoms with Crippen LogP contribution < -0.4 is 14.9 Å². The second-order valence-corrected chi connectivity index (χ2v) is 9.13. The lowest BCUT2D eigenvalue weighted by atomic mass is 10.1. The largest absolute Gasteiger partial charge is 0.490 e. The molecule has 1 N–H and O–H groups in total. The van der Waals surface area contributed by atoms with Gasteiger partial charge >= 0.3 is 6.18 Å². The maximum Gasteiger partial charge on any atom is 0.416 e. The minimum atomic E-state index is -4.54. The molecule has 0 aliphatic heterocycles. The van der Waals surface area contributed by atoms with Crippen molar-refractivity contribution in [3.63, 3.8) is 0 Å². The van der Waals surface area contributed by atoms with Crippen LogP contribution in [0, 0.1) is 3.57 Å². The van der Waals surface area contributed by atoms with E-state index in [1.165, 1.54) is 18.3 Å². The van der Waals surface area contributed by atoms with E-state index in [0.717, 1.165) is 32.0 Å². The second kappa shape index (κ2) is 11.6. The minimum Gasteiger partial charge on any atom is -0.490 e. The molecule has 37 heavy (non-hydrogen) atoms. The van der Waals surface area contributed by atoms with Crippen molar-refractivity contribution in [2.45, 2.75) is 19.7 Å². The number of nitrogens with one attached hydrogen (secondary N) is 1. The lowest BCUT2D eigenvalue weighted by molar-refractivity contribution is -0.137. The molecule has 190 valence electrons. The Morgan fingerprint density at radius 3 is 2.54 bits per heavy atom. The van der Waals surface area contributed by atoms with Gasteiger partial charge in [0.15, 0.2) is 11.5 Å². The topological polar surface area (TPSA) is 59.9 Å². The zero-order chi connectivity index (χ0) is 26.4. The van der Waals surface area contributed by atoms with Gasteiger partial charge in [-0.15, -0.1) is 0 Å². The van der Waals surface area contributed by atoms with E-state index in [2.05, 4.69) is 39.2 Å². The molecular weight excluding hydrogens is 596 g/mol. The van der Waals surface area contributed by atoms with Gasteiger partial charge in [0.25, 0.3) is 5.91 Å². The van der Waals surface area contributed by atoms with Gasteiger partial charge in [0.05, 0.1) is 22.0 Å². The first-order valence-electron chi connectivity index (χ1n) is 11.3. The van der Waals surface area contributed by atoms with Gasteiger partial charge in [-0.25, -0.2) is 5.43 Å². The number of carbonyl (C=O) groups is 1. The van der Waals surface area contributed by atoms with Crippen molar-refractivity contribution >= 4 is 45.5 Å². The molecule has 0 radical (unpaired) electrons. The molecule has 0 heterocycles. The lowest BCUT2D eigenvalue weighted by Crippen LogP contribution is -2.18. The van der Waals surface area contributed by atoms with E-state index in [4.69, 9.17) is 9.47 Å². The number of rotatable bonds is 8. The number of hydrogen-bond acceptors (Lipinski definition) is 4. The molecule has 0 saturated carbocycles. The van der Waals surface area contributed by atoms with E-state index in [0.29, 0.717) is 30.3 Å². The van der Waals surface area contributed by atoms with Gasteiger partial charge in [0.2, 0.25) is 0 Å². The molecule has 0 atom stereocenters. The first-order chi connectivity index (χ1) is 17.8. The Morgan fingerprint density at radius 2 is 1.76 bits per heavy atom. The van der Waals surface area contributed by atoms with Gasteiger partial charge in [0, 0.05) is 5.56 Å². The highest BCUT2D eigenvalue weighted by Crippen LogP contribution is 2.35. The van der Waals surface area contributed by atoms with Crippen LogP contribution >= 0.6 is 22.6 Å². The van der Waals surface area contributed by atoms with Crippen LogP contribution in [0.15, 0.2) is 84.0 Å². The summed E-state index contributed by atoms with van der Waals surface area (Å²) < 4.78 is 51.5. The van der Waals surface area contributed by atoms with Crippen molar-refractivity contribution in [2.75, 3.05) is 6.61 Å². The molecule has 0 spiro atoms. The highest BCUT2D eigenvalue weighted by atomic mass is 127. The van der Waals surface area contributed by atoms with Gasteiger partial charge in [-0.05, 0) is 81.7 Å². The highest BCUT2D eigenvalue weighted by molar-refractivity contribution is 14.1. The maximum atomic E-state index is 12.9. The zero-order valence-electron chi connectivity index (χ0n) is 19.7. The van der Waals surface area contributed by atoms with E-state index >= 15 is 0 Å². The van der Waals surface area contributed by atoms with Crippen LogP contribution in [0.2, 0.25) is 0 Å². The van der Waals surface area contributed by atoms with Gasteiger partial charge in [-0.2, -0.15) is 18.3 Å². The fourth-order valence-corrected chi connectivity index (χ4v) is 4.48. The second-order valence-electron chi connectivity index (χ2n) is 7.97. The molecule has 0 aliphatic rings.